The number of aromatic nitrogens is 3. The molecule has 1 aromatic carbocycles. The highest BCUT2D eigenvalue weighted by Crippen LogP contribution is 2.35. The van der Waals surface area contributed by atoms with Gasteiger partial charge in [-0.15, -0.1) is 0 Å². The summed E-state index contributed by atoms with van der Waals surface area (Å²) in [6.45, 7) is 0.705. The van der Waals surface area contributed by atoms with Crippen LogP contribution in [-0.4, -0.2) is 34.5 Å². The van der Waals surface area contributed by atoms with E-state index in [0.29, 0.717) is 12.3 Å². The number of H-pyrrole nitrogens is 1. The van der Waals surface area contributed by atoms with Gasteiger partial charge in [-0.3, -0.25) is 9.78 Å². The highest BCUT2D eigenvalue weighted by atomic mass is 16.5. The number of ether oxygens (including phenoxy) is 1. The van der Waals surface area contributed by atoms with E-state index in [4.69, 9.17) is 9.72 Å². The molecule has 0 saturated carbocycles. The Labute approximate surface area is 132 Å². The lowest BCUT2D eigenvalue weighted by Crippen LogP contribution is -2.18. The van der Waals surface area contributed by atoms with E-state index in [9.17, 15) is 4.79 Å². The number of rotatable bonds is 3. The number of hydrogen-bond donors (Lipinski definition) is 2. The van der Waals surface area contributed by atoms with Gasteiger partial charge < -0.3 is 15.0 Å². The van der Waals surface area contributed by atoms with Gasteiger partial charge in [-0.1, -0.05) is 6.07 Å². The van der Waals surface area contributed by atoms with Crippen LogP contribution in [0.2, 0.25) is 0 Å². The molecule has 0 radical (unpaired) electrons. The van der Waals surface area contributed by atoms with Crippen LogP contribution in [0.15, 0.2) is 36.7 Å². The summed E-state index contributed by atoms with van der Waals surface area (Å²) in [5.41, 5.74) is 3.42. The van der Waals surface area contributed by atoms with Crippen LogP contribution in [0.25, 0.3) is 22.4 Å². The number of pyridine rings is 1. The van der Waals surface area contributed by atoms with Crippen molar-refractivity contribution in [3.05, 3.63) is 42.2 Å². The number of carbonyl (C=O) groups excluding carboxylic acids is 1. The number of amides is 1. The molecule has 2 aromatic heterocycles. The first-order chi connectivity index (χ1) is 11.3. The molecule has 1 aliphatic heterocycles. The van der Waals surface area contributed by atoms with Crippen molar-refractivity contribution < 1.29 is 9.53 Å². The Balaban J connectivity index is 1.92. The molecule has 1 saturated heterocycles. The van der Waals surface area contributed by atoms with E-state index < -0.39 is 0 Å². The standard InChI is InChI=1S/C17H16N4O2/c1-23-13-5-4-11(12-6-8-19-17(12)22)14-15(13)21-16(20-14)10-3-2-7-18-9-10/h2-5,7,9,12H,6,8H2,1H3,(H,19,22)(H,20,21). The fraction of sp³-hybridized carbons (Fsp3) is 0.235. The second-order valence-electron chi connectivity index (χ2n) is 5.54. The Morgan fingerprint density at radius 1 is 1.30 bits per heavy atom. The van der Waals surface area contributed by atoms with Gasteiger partial charge in [0.25, 0.3) is 0 Å². The van der Waals surface area contributed by atoms with Crippen molar-refractivity contribution >= 4 is 16.9 Å². The Morgan fingerprint density at radius 2 is 2.22 bits per heavy atom. The van der Waals surface area contributed by atoms with Gasteiger partial charge in [-0.25, -0.2) is 4.98 Å². The monoisotopic (exact) mass is 308 g/mol. The smallest absolute Gasteiger partial charge is 0.227 e. The Morgan fingerprint density at radius 3 is 2.91 bits per heavy atom. The zero-order chi connectivity index (χ0) is 15.8. The van der Waals surface area contributed by atoms with Crippen LogP contribution in [0.4, 0.5) is 0 Å². The van der Waals surface area contributed by atoms with Gasteiger partial charge in [-0.05, 0) is 30.2 Å². The molecule has 1 amide bonds. The summed E-state index contributed by atoms with van der Waals surface area (Å²) in [4.78, 5) is 24.2. The SMILES string of the molecule is COc1ccc(C2CCNC2=O)c2nc(-c3cccnc3)[nH]c12. The minimum absolute atomic E-state index is 0.0578. The fourth-order valence-electron chi connectivity index (χ4n) is 3.07. The number of hydrogen-bond acceptors (Lipinski definition) is 4. The Hall–Kier alpha value is -2.89. The van der Waals surface area contributed by atoms with Crippen LogP contribution in [0.1, 0.15) is 17.9 Å². The molecule has 116 valence electrons. The van der Waals surface area contributed by atoms with Crippen molar-refractivity contribution in [2.45, 2.75) is 12.3 Å². The summed E-state index contributed by atoms with van der Waals surface area (Å²) in [6, 6.07) is 7.63. The van der Waals surface area contributed by atoms with Gasteiger partial charge in [0.15, 0.2) is 0 Å². The van der Waals surface area contributed by atoms with Crippen LogP contribution in [0.3, 0.4) is 0 Å². The van der Waals surface area contributed by atoms with Gasteiger partial charge in [0.1, 0.15) is 17.1 Å². The molecule has 2 N–H and O–H groups in total. The lowest BCUT2D eigenvalue weighted by molar-refractivity contribution is -0.120. The topological polar surface area (TPSA) is 79.9 Å². The first kappa shape index (κ1) is 13.8. The number of fused-ring (bicyclic) bond motifs is 1. The molecule has 3 aromatic rings. The van der Waals surface area contributed by atoms with Crippen LogP contribution < -0.4 is 10.1 Å². The summed E-state index contributed by atoms with van der Waals surface area (Å²) in [6.07, 6.45) is 4.27. The molecule has 1 atom stereocenters. The second-order valence-corrected chi connectivity index (χ2v) is 5.54. The molecule has 0 aliphatic carbocycles. The third-order valence-corrected chi connectivity index (χ3v) is 4.22. The minimum Gasteiger partial charge on any atom is -0.494 e. The maximum Gasteiger partial charge on any atom is 0.227 e. The summed E-state index contributed by atoms with van der Waals surface area (Å²) in [7, 11) is 1.63. The Kier molecular flexibility index (Phi) is 3.22. The van der Waals surface area contributed by atoms with Crippen LogP contribution in [-0.2, 0) is 4.79 Å². The molecular formula is C17H16N4O2. The second kappa shape index (κ2) is 5.39. The molecule has 1 fully saturated rings. The highest BCUT2D eigenvalue weighted by molar-refractivity contribution is 5.94. The van der Waals surface area contributed by atoms with Crippen LogP contribution in [0.5, 0.6) is 5.75 Å². The van der Waals surface area contributed by atoms with Crippen molar-refractivity contribution in [1.29, 1.82) is 0 Å². The number of imidazole rings is 1. The number of carbonyl (C=O) groups is 1. The third kappa shape index (κ3) is 2.23. The van der Waals surface area contributed by atoms with E-state index in [1.807, 2.05) is 24.3 Å². The molecule has 0 bridgehead atoms. The third-order valence-electron chi connectivity index (χ3n) is 4.22. The average molecular weight is 308 g/mol. The number of nitrogens with one attached hydrogen (secondary N) is 2. The molecule has 4 rings (SSSR count). The zero-order valence-corrected chi connectivity index (χ0v) is 12.7. The minimum atomic E-state index is -0.159. The Bertz CT molecular complexity index is 873. The summed E-state index contributed by atoms with van der Waals surface area (Å²) in [5, 5.41) is 2.88. The summed E-state index contributed by atoms with van der Waals surface area (Å²) < 4.78 is 5.43. The molecular weight excluding hydrogens is 292 g/mol. The number of aromatic amines is 1. The quantitative estimate of drug-likeness (QED) is 0.777. The number of methoxy groups -OCH3 is 1. The molecule has 3 heterocycles. The molecule has 23 heavy (non-hydrogen) atoms. The van der Waals surface area contributed by atoms with E-state index in [2.05, 4.69) is 15.3 Å². The van der Waals surface area contributed by atoms with Gasteiger partial charge in [0.05, 0.1) is 18.5 Å². The first-order valence-corrected chi connectivity index (χ1v) is 7.52. The van der Waals surface area contributed by atoms with Crippen LogP contribution >= 0.6 is 0 Å². The average Bonchev–Trinajstić information content (AvgIpc) is 3.21. The fourth-order valence-corrected chi connectivity index (χ4v) is 3.07. The van der Waals surface area contributed by atoms with E-state index in [0.717, 1.165) is 34.4 Å². The molecule has 6 heteroatoms. The molecule has 0 spiro atoms. The predicted molar refractivity (Wildman–Crippen MR) is 86.2 cm³/mol. The van der Waals surface area contributed by atoms with Crippen molar-refractivity contribution in [1.82, 2.24) is 20.3 Å². The van der Waals surface area contributed by atoms with Crippen molar-refractivity contribution in [3.63, 3.8) is 0 Å². The van der Waals surface area contributed by atoms with Gasteiger partial charge in [0, 0.05) is 24.5 Å². The van der Waals surface area contributed by atoms with Gasteiger partial charge in [0.2, 0.25) is 5.91 Å². The molecule has 1 unspecified atom stereocenters. The van der Waals surface area contributed by atoms with Crippen LogP contribution in [0, 0.1) is 0 Å². The lowest BCUT2D eigenvalue weighted by atomic mass is 9.96. The zero-order valence-electron chi connectivity index (χ0n) is 12.7. The summed E-state index contributed by atoms with van der Waals surface area (Å²) in [5.74, 6) is 1.33. The van der Waals surface area contributed by atoms with E-state index >= 15 is 0 Å². The number of nitrogens with zero attached hydrogens (tertiary/aromatic N) is 2. The predicted octanol–water partition coefficient (Wildman–Crippen LogP) is 2.24. The maximum absolute atomic E-state index is 12.1. The van der Waals surface area contributed by atoms with Crippen molar-refractivity contribution in [3.8, 4) is 17.1 Å². The van der Waals surface area contributed by atoms with E-state index in [1.165, 1.54) is 0 Å². The van der Waals surface area contributed by atoms with Crippen molar-refractivity contribution in [2.24, 2.45) is 0 Å². The lowest BCUT2D eigenvalue weighted by Gasteiger charge is -2.09. The summed E-state index contributed by atoms with van der Waals surface area (Å²) >= 11 is 0. The normalized spacial score (nSPS) is 17.4. The maximum atomic E-state index is 12.1. The van der Waals surface area contributed by atoms with Gasteiger partial charge >= 0.3 is 0 Å². The number of benzene rings is 1. The van der Waals surface area contributed by atoms with E-state index in [1.54, 1.807) is 19.5 Å². The van der Waals surface area contributed by atoms with Crippen molar-refractivity contribution in [2.75, 3.05) is 13.7 Å². The van der Waals surface area contributed by atoms with Gasteiger partial charge in [-0.2, -0.15) is 0 Å². The van der Waals surface area contributed by atoms with E-state index in [-0.39, 0.29) is 11.8 Å². The molecule has 6 nitrogen and oxygen atoms in total. The molecule has 1 aliphatic rings. The first-order valence-electron chi connectivity index (χ1n) is 7.52. The highest BCUT2D eigenvalue weighted by Gasteiger charge is 2.29. The largest absolute Gasteiger partial charge is 0.494 e.